The van der Waals surface area contributed by atoms with Crippen LogP contribution < -0.4 is 15.4 Å². The first kappa shape index (κ1) is 20.1. The number of aryl methyl sites for hydroxylation is 1. The predicted molar refractivity (Wildman–Crippen MR) is 113 cm³/mol. The number of nitrogens with zero attached hydrogens (tertiary/aromatic N) is 5. The molecule has 4 rings (SSSR count). The van der Waals surface area contributed by atoms with Crippen molar-refractivity contribution < 1.29 is 13.9 Å². The van der Waals surface area contributed by atoms with E-state index in [0.29, 0.717) is 24.5 Å². The van der Waals surface area contributed by atoms with Crippen molar-refractivity contribution >= 4 is 11.7 Å². The van der Waals surface area contributed by atoms with E-state index >= 15 is 0 Å². The third-order valence-electron chi connectivity index (χ3n) is 4.62. The Morgan fingerprint density at radius 1 is 1.19 bits per heavy atom. The number of aromatic nitrogens is 5. The maximum Gasteiger partial charge on any atom is 0.319 e. The number of carbonyl (C=O) groups excluding carboxylic acids is 1. The summed E-state index contributed by atoms with van der Waals surface area (Å²) in [7, 11) is 1.62. The van der Waals surface area contributed by atoms with Crippen LogP contribution in [0, 0.1) is 6.92 Å². The van der Waals surface area contributed by atoms with Gasteiger partial charge in [-0.05, 0) is 59.3 Å². The fraction of sp³-hybridized carbons (Fsp3) is 0.190. The summed E-state index contributed by atoms with van der Waals surface area (Å²) in [5, 5.41) is 16.8. The van der Waals surface area contributed by atoms with Crippen LogP contribution in [0.25, 0.3) is 17.1 Å². The van der Waals surface area contributed by atoms with Crippen molar-refractivity contribution in [3.8, 4) is 22.9 Å². The van der Waals surface area contributed by atoms with Crippen molar-refractivity contribution in [1.29, 1.82) is 0 Å². The summed E-state index contributed by atoms with van der Waals surface area (Å²) in [6, 6.07) is 12.7. The summed E-state index contributed by atoms with van der Waals surface area (Å²) < 4.78 is 12.2. The van der Waals surface area contributed by atoms with Crippen molar-refractivity contribution in [2.45, 2.75) is 13.3 Å². The van der Waals surface area contributed by atoms with Crippen LogP contribution in [0.4, 0.5) is 10.5 Å². The molecule has 0 spiro atoms. The second kappa shape index (κ2) is 9.08. The van der Waals surface area contributed by atoms with Crippen molar-refractivity contribution in [2.75, 3.05) is 19.0 Å². The van der Waals surface area contributed by atoms with Gasteiger partial charge in [0.15, 0.2) is 0 Å². The first-order chi connectivity index (χ1) is 15.1. The Morgan fingerprint density at radius 3 is 2.77 bits per heavy atom. The molecule has 10 heteroatoms. The Hall–Kier alpha value is -4.21. The average Bonchev–Trinajstić information content (AvgIpc) is 3.48. The molecule has 10 nitrogen and oxygen atoms in total. The van der Waals surface area contributed by atoms with Crippen LogP contribution in [-0.2, 0) is 6.42 Å². The molecule has 4 aromatic rings. The minimum atomic E-state index is -0.314. The second-order valence-electron chi connectivity index (χ2n) is 6.76. The predicted octanol–water partition coefficient (Wildman–Crippen LogP) is 3.00. The number of carbonyl (C=O) groups is 1. The molecule has 2 amide bonds. The van der Waals surface area contributed by atoms with Gasteiger partial charge in [-0.2, -0.15) is 0 Å². The number of rotatable bonds is 7. The highest BCUT2D eigenvalue weighted by atomic mass is 16.5. The SMILES string of the molecule is COc1ccc(-c2nc(CCNC(=O)Nc3ccc(C)c(-n4cnnn4)c3)co2)cc1. The number of amides is 2. The van der Waals surface area contributed by atoms with Crippen LogP contribution in [0.2, 0.25) is 0 Å². The quantitative estimate of drug-likeness (QED) is 0.472. The highest BCUT2D eigenvalue weighted by Gasteiger charge is 2.09. The largest absolute Gasteiger partial charge is 0.497 e. The molecule has 0 radical (unpaired) electrons. The zero-order valence-corrected chi connectivity index (χ0v) is 17.1. The molecule has 0 saturated carbocycles. The van der Waals surface area contributed by atoms with Gasteiger partial charge in [0.1, 0.15) is 18.3 Å². The summed E-state index contributed by atoms with van der Waals surface area (Å²) in [5.41, 5.74) is 4.02. The molecule has 0 aliphatic rings. The number of hydrogen-bond acceptors (Lipinski definition) is 7. The lowest BCUT2D eigenvalue weighted by Gasteiger charge is -2.10. The van der Waals surface area contributed by atoms with Gasteiger partial charge in [-0.25, -0.2) is 14.5 Å². The Labute approximate surface area is 178 Å². The van der Waals surface area contributed by atoms with Crippen LogP contribution in [-0.4, -0.2) is 44.9 Å². The van der Waals surface area contributed by atoms with Crippen molar-refractivity contribution in [3.05, 3.63) is 66.3 Å². The number of nitrogens with one attached hydrogen (secondary N) is 2. The second-order valence-corrected chi connectivity index (χ2v) is 6.76. The van der Waals surface area contributed by atoms with E-state index in [-0.39, 0.29) is 6.03 Å². The number of ether oxygens (including phenoxy) is 1. The molecule has 0 aliphatic carbocycles. The van der Waals surface area contributed by atoms with E-state index < -0.39 is 0 Å². The van der Waals surface area contributed by atoms with Crippen LogP contribution in [0.1, 0.15) is 11.3 Å². The highest BCUT2D eigenvalue weighted by Crippen LogP contribution is 2.22. The number of anilines is 1. The van der Waals surface area contributed by atoms with Gasteiger partial charge in [0.2, 0.25) is 5.89 Å². The maximum atomic E-state index is 12.2. The Morgan fingerprint density at radius 2 is 2.03 bits per heavy atom. The zero-order chi connectivity index (χ0) is 21.6. The summed E-state index contributed by atoms with van der Waals surface area (Å²) in [6.45, 7) is 2.35. The first-order valence-corrected chi connectivity index (χ1v) is 9.60. The number of tetrazole rings is 1. The minimum Gasteiger partial charge on any atom is -0.497 e. The third-order valence-corrected chi connectivity index (χ3v) is 4.62. The van der Waals surface area contributed by atoms with Crippen LogP contribution in [0.15, 0.2) is 59.5 Å². The molecule has 2 heterocycles. The van der Waals surface area contributed by atoms with Gasteiger partial charge in [0, 0.05) is 24.2 Å². The molecule has 31 heavy (non-hydrogen) atoms. The van der Waals surface area contributed by atoms with Gasteiger partial charge in [0.05, 0.1) is 18.5 Å². The molecule has 0 unspecified atom stereocenters. The fourth-order valence-electron chi connectivity index (χ4n) is 2.97. The smallest absolute Gasteiger partial charge is 0.319 e. The molecule has 158 valence electrons. The summed E-state index contributed by atoms with van der Waals surface area (Å²) in [6.07, 6.45) is 3.64. The average molecular weight is 419 g/mol. The standard InChI is InChI=1S/C21H21N7O3/c1-14-3-6-16(11-19(14)28-13-23-26-27-28)25-21(29)22-10-9-17-12-31-20(24-17)15-4-7-18(30-2)8-5-15/h3-8,11-13H,9-10H2,1-2H3,(H2,22,25,29). The number of benzene rings is 2. The van der Waals surface area contributed by atoms with Gasteiger partial charge in [-0.3, -0.25) is 0 Å². The summed E-state index contributed by atoms with van der Waals surface area (Å²) in [5.74, 6) is 1.29. The summed E-state index contributed by atoms with van der Waals surface area (Å²) >= 11 is 0. The lowest BCUT2D eigenvalue weighted by atomic mass is 10.2. The van der Waals surface area contributed by atoms with Crippen molar-refractivity contribution in [3.63, 3.8) is 0 Å². The molecule has 0 bridgehead atoms. The molecule has 0 fully saturated rings. The topological polar surface area (TPSA) is 120 Å². The van der Waals surface area contributed by atoms with Crippen LogP contribution >= 0.6 is 0 Å². The molecule has 0 aliphatic heterocycles. The Kier molecular flexibility index (Phi) is 5.88. The number of methoxy groups -OCH3 is 1. The molecule has 2 N–H and O–H groups in total. The molecule has 0 saturated heterocycles. The van der Waals surface area contributed by atoms with E-state index in [1.807, 2.05) is 49.4 Å². The minimum absolute atomic E-state index is 0.314. The van der Waals surface area contributed by atoms with Gasteiger partial charge in [0.25, 0.3) is 0 Å². The molecular weight excluding hydrogens is 398 g/mol. The third kappa shape index (κ3) is 4.86. The number of hydrogen-bond donors (Lipinski definition) is 2. The summed E-state index contributed by atoms with van der Waals surface area (Å²) in [4.78, 5) is 16.7. The lowest BCUT2D eigenvalue weighted by Crippen LogP contribution is -2.30. The van der Waals surface area contributed by atoms with E-state index in [1.54, 1.807) is 18.1 Å². The van der Waals surface area contributed by atoms with E-state index in [4.69, 9.17) is 9.15 Å². The van der Waals surface area contributed by atoms with E-state index in [2.05, 4.69) is 31.1 Å². The Bertz CT molecular complexity index is 1150. The van der Waals surface area contributed by atoms with Gasteiger partial charge >= 0.3 is 6.03 Å². The fourth-order valence-corrected chi connectivity index (χ4v) is 2.97. The maximum absolute atomic E-state index is 12.2. The van der Waals surface area contributed by atoms with Crippen LogP contribution in [0.5, 0.6) is 5.75 Å². The van der Waals surface area contributed by atoms with Crippen molar-refractivity contribution in [2.24, 2.45) is 0 Å². The first-order valence-electron chi connectivity index (χ1n) is 9.60. The van der Waals surface area contributed by atoms with Gasteiger partial charge < -0.3 is 19.8 Å². The highest BCUT2D eigenvalue weighted by molar-refractivity contribution is 5.89. The van der Waals surface area contributed by atoms with E-state index in [9.17, 15) is 4.79 Å². The van der Waals surface area contributed by atoms with Crippen molar-refractivity contribution in [1.82, 2.24) is 30.5 Å². The zero-order valence-electron chi connectivity index (χ0n) is 17.1. The normalized spacial score (nSPS) is 10.6. The van der Waals surface area contributed by atoms with E-state index in [1.165, 1.54) is 6.33 Å². The molecular formula is C21H21N7O3. The monoisotopic (exact) mass is 419 g/mol. The molecule has 2 aromatic carbocycles. The molecule has 2 aromatic heterocycles. The van der Waals surface area contributed by atoms with Gasteiger partial charge in [-0.15, -0.1) is 5.10 Å². The van der Waals surface area contributed by atoms with Gasteiger partial charge in [-0.1, -0.05) is 6.07 Å². The number of urea groups is 1. The Balaban J connectivity index is 1.30. The molecule has 0 atom stereocenters. The number of oxazole rings is 1. The lowest BCUT2D eigenvalue weighted by molar-refractivity contribution is 0.252. The van der Waals surface area contributed by atoms with E-state index in [0.717, 1.165) is 28.3 Å². The van der Waals surface area contributed by atoms with Crippen LogP contribution in [0.3, 0.4) is 0 Å².